The van der Waals surface area contributed by atoms with Crippen LogP contribution in [0.5, 0.6) is 0 Å². The highest BCUT2D eigenvalue weighted by atomic mass is 16.2. The number of hydrogen-bond donors (Lipinski definition) is 3. The van der Waals surface area contributed by atoms with Crippen LogP contribution in [-0.4, -0.2) is 16.1 Å². The number of anilines is 1. The van der Waals surface area contributed by atoms with Crippen molar-refractivity contribution in [2.45, 2.75) is 20.3 Å². The lowest BCUT2D eigenvalue weighted by molar-refractivity contribution is -0.116. The Morgan fingerprint density at radius 3 is 2.58 bits per heavy atom. The molecule has 1 amide bonds. The fraction of sp³-hybridized carbons (Fsp3) is 0.308. The number of aromatic nitrogens is 2. The third kappa shape index (κ3) is 2.73. The fourth-order valence-corrected chi connectivity index (χ4v) is 1.91. The van der Waals surface area contributed by atoms with Gasteiger partial charge in [0.25, 0.3) is 11.1 Å². The minimum atomic E-state index is -0.435. The van der Waals surface area contributed by atoms with E-state index in [9.17, 15) is 14.4 Å². The topological polar surface area (TPSA) is 94.8 Å². The fourth-order valence-electron chi connectivity index (χ4n) is 1.91. The molecule has 0 aliphatic heterocycles. The van der Waals surface area contributed by atoms with Crippen LogP contribution >= 0.6 is 0 Å². The van der Waals surface area contributed by atoms with Crippen LogP contribution in [0.1, 0.15) is 20.3 Å². The zero-order valence-electron chi connectivity index (χ0n) is 10.7. The number of rotatable bonds is 3. The molecular formula is C13H15N3O3. The molecule has 0 fully saturated rings. The van der Waals surface area contributed by atoms with Gasteiger partial charge in [-0.15, -0.1) is 0 Å². The molecule has 0 atom stereocenters. The summed E-state index contributed by atoms with van der Waals surface area (Å²) in [5.41, 5.74) is -0.472. The first-order valence-corrected chi connectivity index (χ1v) is 6.02. The second kappa shape index (κ2) is 5.09. The first-order valence-electron chi connectivity index (χ1n) is 6.02. The molecule has 0 aliphatic rings. The predicted molar refractivity (Wildman–Crippen MR) is 73.3 cm³/mol. The van der Waals surface area contributed by atoms with Crippen molar-refractivity contribution in [3.05, 3.63) is 38.9 Å². The van der Waals surface area contributed by atoms with Gasteiger partial charge in [0.05, 0.1) is 16.5 Å². The smallest absolute Gasteiger partial charge is 0.272 e. The van der Waals surface area contributed by atoms with Crippen molar-refractivity contribution in [2.75, 3.05) is 5.32 Å². The maximum Gasteiger partial charge on any atom is 0.272 e. The maximum atomic E-state index is 11.8. The number of hydrogen-bond acceptors (Lipinski definition) is 3. The zero-order valence-corrected chi connectivity index (χ0v) is 10.7. The predicted octanol–water partition coefficient (Wildman–Crippen LogP) is 1.20. The molecule has 1 heterocycles. The number of carbonyl (C=O) groups excluding carboxylic acids is 1. The number of nitrogens with one attached hydrogen (secondary N) is 3. The molecule has 0 saturated heterocycles. The minimum absolute atomic E-state index is 0.179. The molecule has 1 aromatic carbocycles. The number of H-pyrrole nitrogens is 2. The summed E-state index contributed by atoms with van der Waals surface area (Å²) in [6.45, 7) is 3.86. The molecule has 0 saturated carbocycles. The molecule has 0 spiro atoms. The van der Waals surface area contributed by atoms with Crippen molar-refractivity contribution < 1.29 is 4.79 Å². The number of aromatic amines is 2. The highest BCUT2D eigenvalue weighted by Gasteiger charge is 2.11. The highest BCUT2D eigenvalue weighted by Crippen LogP contribution is 2.17. The van der Waals surface area contributed by atoms with Crippen molar-refractivity contribution in [1.29, 1.82) is 0 Å². The Hall–Kier alpha value is -2.37. The minimum Gasteiger partial charge on any atom is -0.325 e. The number of fused-ring (bicyclic) bond motifs is 1. The van der Waals surface area contributed by atoms with Crippen molar-refractivity contribution in [1.82, 2.24) is 10.2 Å². The first-order chi connectivity index (χ1) is 8.99. The van der Waals surface area contributed by atoms with Crippen molar-refractivity contribution >= 4 is 22.4 Å². The zero-order chi connectivity index (χ0) is 14.0. The molecule has 0 unspecified atom stereocenters. The lowest BCUT2D eigenvalue weighted by Gasteiger charge is -2.08. The van der Waals surface area contributed by atoms with Gasteiger partial charge in [-0.05, 0) is 18.1 Å². The molecule has 0 radical (unpaired) electrons. The molecule has 0 aliphatic carbocycles. The summed E-state index contributed by atoms with van der Waals surface area (Å²) in [6, 6.07) is 4.78. The summed E-state index contributed by atoms with van der Waals surface area (Å²) in [7, 11) is 0. The Morgan fingerprint density at radius 1 is 1.21 bits per heavy atom. The van der Waals surface area contributed by atoms with Crippen LogP contribution in [0.25, 0.3) is 10.8 Å². The van der Waals surface area contributed by atoms with E-state index in [-0.39, 0.29) is 22.6 Å². The van der Waals surface area contributed by atoms with Crippen LogP contribution in [0.4, 0.5) is 5.69 Å². The van der Waals surface area contributed by atoms with Gasteiger partial charge in [-0.3, -0.25) is 24.6 Å². The van der Waals surface area contributed by atoms with Crippen molar-refractivity contribution in [3.8, 4) is 0 Å². The van der Waals surface area contributed by atoms with Gasteiger partial charge in [-0.1, -0.05) is 19.9 Å². The van der Waals surface area contributed by atoms with E-state index in [0.29, 0.717) is 12.1 Å². The first kappa shape index (κ1) is 13.1. The van der Waals surface area contributed by atoms with E-state index < -0.39 is 11.1 Å². The number of amides is 1. The number of carbonyl (C=O) groups is 1. The molecule has 3 N–H and O–H groups in total. The van der Waals surface area contributed by atoms with E-state index in [4.69, 9.17) is 0 Å². The molecule has 0 bridgehead atoms. The Balaban J connectivity index is 2.50. The molecule has 6 nitrogen and oxygen atoms in total. The average Bonchev–Trinajstić information content (AvgIpc) is 2.33. The Kier molecular flexibility index (Phi) is 3.50. The lowest BCUT2D eigenvalue weighted by atomic mass is 10.1. The van der Waals surface area contributed by atoms with E-state index in [2.05, 4.69) is 15.5 Å². The van der Waals surface area contributed by atoms with Crippen LogP contribution in [0.3, 0.4) is 0 Å². The Labute approximate surface area is 108 Å². The van der Waals surface area contributed by atoms with E-state index in [1.54, 1.807) is 18.2 Å². The van der Waals surface area contributed by atoms with Gasteiger partial charge in [0.1, 0.15) is 0 Å². The van der Waals surface area contributed by atoms with Crippen LogP contribution < -0.4 is 16.4 Å². The molecule has 100 valence electrons. The van der Waals surface area contributed by atoms with Gasteiger partial charge in [0.15, 0.2) is 0 Å². The van der Waals surface area contributed by atoms with Gasteiger partial charge >= 0.3 is 0 Å². The van der Waals surface area contributed by atoms with Crippen LogP contribution in [0.15, 0.2) is 27.8 Å². The number of benzene rings is 1. The summed E-state index contributed by atoms with van der Waals surface area (Å²) in [4.78, 5) is 35.1. The highest BCUT2D eigenvalue weighted by molar-refractivity contribution is 6.01. The van der Waals surface area contributed by atoms with E-state index in [1.165, 1.54) is 0 Å². The summed E-state index contributed by atoms with van der Waals surface area (Å²) >= 11 is 0. The van der Waals surface area contributed by atoms with Gasteiger partial charge in [-0.25, -0.2) is 0 Å². The second-order valence-corrected chi connectivity index (χ2v) is 4.78. The van der Waals surface area contributed by atoms with E-state index in [1.807, 2.05) is 13.8 Å². The van der Waals surface area contributed by atoms with E-state index in [0.717, 1.165) is 0 Å². The molecule has 2 rings (SSSR count). The van der Waals surface area contributed by atoms with Crippen LogP contribution in [0, 0.1) is 5.92 Å². The third-order valence-corrected chi connectivity index (χ3v) is 2.69. The maximum absolute atomic E-state index is 11.8. The Bertz CT molecular complexity index is 728. The van der Waals surface area contributed by atoms with Crippen molar-refractivity contribution in [3.63, 3.8) is 0 Å². The lowest BCUT2D eigenvalue weighted by Crippen LogP contribution is -2.21. The summed E-state index contributed by atoms with van der Waals surface area (Å²) in [6.07, 6.45) is 0.359. The Morgan fingerprint density at radius 2 is 1.89 bits per heavy atom. The van der Waals surface area contributed by atoms with Crippen LogP contribution in [0.2, 0.25) is 0 Å². The SMILES string of the molecule is CC(C)CC(=O)Nc1cccc2c(=O)[nH][nH]c(=O)c12. The second-order valence-electron chi connectivity index (χ2n) is 4.78. The monoisotopic (exact) mass is 261 g/mol. The van der Waals surface area contributed by atoms with Crippen molar-refractivity contribution in [2.24, 2.45) is 5.92 Å². The molecule has 2 aromatic rings. The largest absolute Gasteiger partial charge is 0.325 e. The summed E-state index contributed by atoms with van der Waals surface area (Å²) < 4.78 is 0. The summed E-state index contributed by atoms with van der Waals surface area (Å²) in [5.74, 6) is 0.0406. The van der Waals surface area contributed by atoms with E-state index >= 15 is 0 Å². The summed E-state index contributed by atoms with van der Waals surface area (Å²) in [5, 5.41) is 7.63. The standard InChI is InChI=1S/C13H15N3O3/c1-7(2)6-10(17)14-9-5-3-4-8-11(9)13(19)16-15-12(8)18/h3-5,7H,6H2,1-2H3,(H,14,17)(H,15,18)(H,16,19). The van der Waals surface area contributed by atoms with Gasteiger partial charge in [-0.2, -0.15) is 0 Å². The molecule has 6 heteroatoms. The molecule has 1 aromatic heterocycles. The third-order valence-electron chi connectivity index (χ3n) is 2.69. The van der Waals surface area contributed by atoms with Gasteiger partial charge < -0.3 is 5.32 Å². The quantitative estimate of drug-likeness (QED) is 0.774. The van der Waals surface area contributed by atoms with Crippen LogP contribution in [-0.2, 0) is 4.79 Å². The average molecular weight is 261 g/mol. The molecule has 19 heavy (non-hydrogen) atoms. The van der Waals surface area contributed by atoms with Gasteiger partial charge in [0, 0.05) is 6.42 Å². The normalized spacial score (nSPS) is 10.9. The molecular weight excluding hydrogens is 246 g/mol. The van der Waals surface area contributed by atoms with Gasteiger partial charge in [0.2, 0.25) is 5.91 Å².